The standard InChI is InChI=1S/C7H7N3O2S/c1-13(11,12)10-5-6-2-3-8-4-7(6)9-10/h2-5H,1H3. The molecule has 0 spiro atoms. The van der Waals surface area contributed by atoms with Gasteiger partial charge < -0.3 is 0 Å². The van der Waals surface area contributed by atoms with Crippen LogP contribution in [-0.4, -0.2) is 28.8 Å². The number of fused-ring (bicyclic) bond motifs is 1. The average molecular weight is 197 g/mol. The van der Waals surface area contributed by atoms with Crippen molar-refractivity contribution >= 4 is 20.9 Å². The molecule has 0 aromatic carbocycles. The maximum Gasteiger partial charge on any atom is 0.250 e. The van der Waals surface area contributed by atoms with E-state index in [2.05, 4.69) is 10.1 Å². The van der Waals surface area contributed by atoms with E-state index >= 15 is 0 Å². The molecule has 0 saturated heterocycles. The van der Waals surface area contributed by atoms with Crippen LogP contribution in [0.25, 0.3) is 10.9 Å². The minimum Gasteiger partial charge on any atom is -0.262 e. The van der Waals surface area contributed by atoms with Gasteiger partial charge in [-0.3, -0.25) is 4.98 Å². The highest BCUT2D eigenvalue weighted by Gasteiger charge is 2.07. The predicted molar refractivity (Wildman–Crippen MR) is 47.8 cm³/mol. The van der Waals surface area contributed by atoms with Gasteiger partial charge in [-0.2, -0.15) is 9.19 Å². The van der Waals surface area contributed by atoms with E-state index in [1.54, 1.807) is 12.3 Å². The molecule has 0 bridgehead atoms. The van der Waals surface area contributed by atoms with Crippen molar-refractivity contribution in [2.45, 2.75) is 0 Å². The van der Waals surface area contributed by atoms with Gasteiger partial charge in [0.25, 0.3) is 10.0 Å². The fraction of sp³-hybridized carbons (Fsp3) is 0.143. The molecule has 0 unspecified atom stereocenters. The second kappa shape index (κ2) is 2.53. The summed E-state index contributed by atoms with van der Waals surface area (Å²) >= 11 is 0. The summed E-state index contributed by atoms with van der Waals surface area (Å²) in [6.45, 7) is 0. The van der Waals surface area contributed by atoms with Crippen LogP contribution < -0.4 is 0 Å². The lowest BCUT2D eigenvalue weighted by Gasteiger charge is -1.92. The number of hydrogen-bond donors (Lipinski definition) is 0. The smallest absolute Gasteiger partial charge is 0.250 e. The van der Waals surface area contributed by atoms with Crippen molar-refractivity contribution in [1.82, 2.24) is 14.2 Å². The summed E-state index contributed by atoms with van der Waals surface area (Å²) in [6.07, 6.45) is 5.69. The van der Waals surface area contributed by atoms with Crippen LogP contribution in [0.4, 0.5) is 0 Å². The minimum absolute atomic E-state index is 0.577. The van der Waals surface area contributed by atoms with Crippen molar-refractivity contribution in [1.29, 1.82) is 0 Å². The third-order valence-corrected chi connectivity index (χ3v) is 2.50. The molecule has 2 aromatic heterocycles. The molecule has 0 amide bonds. The van der Waals surface area contributed by atoms with E-state index in [4.69, 9.17) is 0 Å². The van der Waals surface area contributed by atoms with Gasteiger partial charge in [-0.15, -0.1) is 0 Å². The summed E-state index contributed by atoms with van der Waals surface area (Å²) in [7, 11) is -3.29. The van der Waals surface area contributed by atoms with E-state index in [1.165, 1.54) is 12.4 Å². The summed E-state index contributed by atoms with van der Waals surface area (Å²) in [5.41, 5.74) is 0.577. The lowest BCUT2D eigenvalue weighted by Crippen LogP contribution is -2.09. The van der Waals surface area contributed by atoms with Gasteiger partial charge in [-0.05, 0) is 6.07 Å². The number of nitrogens with zero attached hydrogens (tertiary/aromatic N) is 3. The summed E-state index contributed by atoms with van der Waals surface area (Å²) in [6, 6.07) is 1.71. The van der Waals surface area contributed by atoms with Crippen LogP contribution in [-0.2, 0) is 10.0 Å². The molecule has 2 aromatic rings. The van der Waals surface area contributed by atoms with E-state index < -0.39 is 10.0 Å². The molecule has 0 N–H and O–H groups in total. The van der Waals surface area contributed by atoms with Gasteiger partial charge in [0.15, 0.2) is 0 Å². The van der Waals surface area contributed by atoms with Gasteiger partial charge in [-0.1, -0.05) is 0 Å². The normalized spacial score (nSPS) is 12.1. The number of pyridine rings is 1. The Kier molecular flexibility index (Phi) is 1.59. The molecular weight excluding hydrogens is 190 g/mol. The minimum atomic E-state index is -3.29. The lowest BCUT2D eigenvalue weighted by atomic mass is 10.3. The quantitative estimate of drug-likeness (QED) is 0.656. The first-order valence-electron chi connectivity index (χ1n) is 3.57. The molecule has 0 saturated carbocycles. The zero-order valence-electron chi connectivity index (χ0n) is 6.88. The molecular formula is C7H7N3O2S. The predicted octanol–water partition coefficient (Wildman–Crippen LogP) is 0.239. The van der Waals surface area contributed by atoms with Crippen molar-refractivity contribution in [3.63, 3.8) is 0 Å². The summed E-state index contributed by atoms with van der Waals surface area (Å²) in [4.78, 5) is 3.84. The Morgan fingerprint density at radius 1 is 1.46 bits per heavy atom. The molecule has 0 fully saturated rings. The van der Waals surface area contributed by atoms with Crippen LogP contribution in [0, 0.1) is 0 Å². The first-order valence-corrected chi connectivity index (χ1v) is 5.42. The van der Waals surface area contributed by atoms with Gasteiger partial charge in [-0.25, -0.2) is 8.42 Å². The molecule has 2 heterocycles. The van der Waals surface area contributed by atoms with Crippen LogP contribution in [0.15, 0.2) is 24.7 Å². The molecule has 68 valence electrons. The number of aromatic nitrogens is 3. The Hall–Kier alpha value is -1.43. The Morgan fingerprint density at radius 2 is 2.23 bits per heavy atom. The molecule has 0 aliphatic carbocycles. The maximum absolute atomic E-state index is 11.1. The van der Waals surface area contributed by atoms with Crippen LogP contribution in [0.5, 0.6) is 0 Å². The molecule has 0 aliphatic heterocycles. The van der Waals surface area contributed by atoms with E-state index in [9.17, 15) is 8.42 Å². The SMILES string of the molecule is CS(=O)(=O)n1cc2ccncc2n1. The summed E-state index contributed by atoms with van der Waals surface area (Å²) in [5, 5.41) is 4.61. The molecule has 13 heavy (non-hydrogen) atoms. The molecule has 5 nitrogen and oxygen atoms in total. The Morgan fingerprint density at radius 3 is 2.85 bits per heavy atom. The lowest BCUT2D eigenvalue weighted by molar-refractivity contribution is 0.587. The number of rotatable bonds is 1. The fourth-order valence-electron chi connectivity index (χ4n) is 1.01. The second-order valence-electron chi connectivity index (χ2n) is 2.70. The van der Waals surface area contributed by atoms with Crippen LogP contribution >= 0.6 is 0 Å². The van der Waals surface area contributed by atoms with E-state index in [-0.39, 0.29) is 0 Å². The topological polar surface area (TPSA) is 64.8 Å². The molecule has 6 heteroatoms. The highest BCUT2D eigenvalue weighted by Crippen LogP contribution is 2.09. The summed E-state index contributed by atoms with van der Waals surface area (Å²) < 4.78 is 23.1. The largest absolute Gasteiger partial charge is 0.262 e. The van der Waals surface area contributed by atoms with Gasteiger partial charge in [0.1, 0.15) is 5.52 Å². The van der Waals surface area contributed by atoms with Crippen LogP contribution in [0.3, 0.4) is 0 Å². The second-order valence-corrected chi connectivity index (χ2v) is 4.54. The van der Waals surface area contributed by atoms with Gasteiger partial charge in [0.2, 0.25) is 0 Å². The third-order valence-electron chi connectivity index (χ3n) is 1.63. The first kappa shape index (κ1) is 8.18. The van der Waals surface area contributed by atoms with Crippen molar-refractivity contribution < 1.29 is 8.42 Å². The van der Waals surface area contributed by atoms with Crippen LogP contribution in [0.2, 0.25) is 0 Å². The van der Waals surface area contributed by atoms with Crippen molar-refractivity contribution in [3.05, 3.63) is 24.7 Å². The van der Waals surface area contributed by atoms with Crippen molar-refractivity contribution in [3.8, 4) is 0 Å². The van der Waals surface area contributed by atoms with Gasteiger partial charge in [0.05, 0.1) is 18.6 Å². The van der Waals surface area contributed by atoms with Gasteiger partial charge >= 0.3 is 0 Å². The van der Waals surface area contributed by atoms with Gasteiger partial charge in [0, 0.05) is 11.6 Å². The molecule has 0 radical (unpaired) electrons. The Labute approximate surface area is 75.1 Å². The Bertz CT molecular complexity index is 511. The van der Waals surface area contributed by atoms with E-state index in [1.807, 2.05) is 0 Å². The fourth-order valence-corrected chi connectivity index (χ4v) is 1.55. The summed E-state index contributed by atoms with van der Waals surface area (Å²) in [5.74, 6) is 0. The number of hydrogen-bond acceptors (Lipinski definition) is 4. The van der Waals surface area contributed by atoms with Crippen LogP contribution in [0.1, 0.15) is 0 Å². The van der Waals surface area contributed by atoms with E-state index in [0.717, 1.165) is 15.7 Å². The highest BCUT2D eigenvalue weighted by molar-refractivity contribution is 7.89. The molecule has 0 aliphatic rings. The Balaban J connectivity index is 2.77. The zero-order chi connectivity index (χ0) is 9.47. The maximum atomic E-state index is 11.1. The monoisotopic (exact) mass is 197 g/mol. The zero-order valence-corrected chi connectivity index (χ0v) is 7.69. The third kappa shape index (κ3) is 1.40. The van der Waals surface area contributed by atoms with Crippen molar-refractivity contribution in [2.75, 3.05) is 6.26 Å². The van der Waals surface area contributed by atoms with Crippen molar-refractivity contribution in [2.24, 2.45) is 0 Å². The molecule has 0 atom stereocenters. The highest BCUT2D eigenvalue weighted by atomic mass is 32.2. The first-order chi connectivity index (χ1) is 6.07. The average Bonchev–Trinajstić information content (AvgIpc) is 2.45. The molecule has 2 rings (SSSR count). The van der Waals surface area contributed by atoms with E-state index in [0.29, 0.717) is 5.52 Å².